The van der Waals surface area contributed by atoms with E-state index in [1.54, 1.807) is 26.3 Å². The molecule has 28 heavy (non-hydrogen) atoms. The van der Waals surface area contributed by atoms with Crippen LogP contribution in [0, 0.1) is 0 Å². The molecule has 3 aromatic rings. The number of aromatic nitrogens is 2. The van der Waals surface area contributed by atoms with E-state index in [0.29, 0.717) is 24.3 Å². The Hall–Kier alpha value is -3.61. The quantitative estimate of drug-likeness (QED) is 0.691. The third kappa shape index (κ3) is 4.76. The number of methoxy groups -OCH3 is 1. The van der Waals surface area contributed by atoms with E-state index < -0.39 is 0 Å². The number of aryl methyl sites for hydroxylation is 1. The largest absolute Gasteiger partial charge is 0.497 e. The number of anilines is 1. The molecule has 0 saturated heterocycles. The Morgan fingerprint density at radius 1 is 1.07 bits per heavy atom. The number of amides is 2. The lowest BCUT2D eigenvalue weighted by Gasteiger charge is -2.12. The molecular formula is C21H22N4O3. The van der Waals surface area contributed by atoms with Crippen LogP contribution in [0.5, 0.6) is 5.75 Å². The van der Waals surface area contributed by atoms with Crippen molar-refractivity contribution in [2.45, 2.75) is 6.42 Å². The van der Waals surface area contributed by atoms with Crippen molar-refractivity contribution in [1.29, 1.82) is 0 Å². The Morgan fingerprint density at radius 2 is 1.82 bits per heavy atom. The first kappa shape index (κ1) is 19.2. The number of rotatable bonds is 6. The number of ether oxygens (including phenoxy) is 1. The van der Waals surface area contributed by atoms with E-state index in [1.165, 1.54) is 10.7 Å². The molecule has 1 aromatic heterocycles. The van der Waals surface area contributed by atoms with Gasteiger partial charge in [-0.25, -0.2) is 9.48 Å². The van der Waals surface area contributed by atoms with E-state index in [-0.39, 0.29) is 11.6 Å². The van der Waals surface area contributed by atoms with Crippen LogP contribution in [0.3, 0.4) is 0 Å². The zero-order valence-corrected chi connectivity index (χ0v) is 15.8. The van der Waals surface area contributed by atoms with Gasteiger partial charge in [0, 0.05) is 25.2 Å². The van der Waals surface area contributed by atoms with Gasteiger partial charge in [0.2, 0.25) is 0 Å². The summed E-state index contributed by atoms with van der Waals surface area (Å²) in [5.74, 6) is 0.804. The monoisotopic (exact) mass is 378 g/mol. The van der Waals surface area contributed by atoms with E-state index in [2.05, 4.69) is 15.7 Å². The Kier molecular flexibility index (Phi) is 6.06. The van der Waals surface area contributed by atoms with Crippen LogP contribution in [0.25, 0.3) is 11.3 Å². The molecule has 0 atom stereocenters. The molecular weight excluding hydrogens is 356 g/mol. The molecule has 0 aliphatic carbocycles. The van der Waals surface area contributed by atoms with Gasteiger partial charge in [-0.15, -0.1) is 0 Å². The van der Waals surface area contributed by atoms with Gasteiger partial charge in [-0.1, -0.05) is 30.3 Å². The molecule has 2 N–H and O–H groups in total. The molecule has 0 spiro atoms. The Bertz CT molecular complexity index is 1010. The summed E-state index contributed by atoms with van der Waals surface area (Å²) in [6, 6.07) is 17.9. The molecule has 0 unspecified atom stereocenters. The van der Waals surface area contributed by atoms with Gasteiger partial charge < -0.3 is 15.4 Å². The molecule has 2 aromatic carbocycles. The lowest BCUT2D eigenvalue weighted by atomic mass is 10.1. The van der Waals surface area contributed by atoms with Crippen molar-refractivity contribution in [3.8, 4) is 17.0 Å². The molecule has 0 aliphatic rings. The van der Waals surface area contributed by atoms with Crippen molar-refractivity contribution < 1.29 is 9.53 Å². The van der Waals surface area contributed by atoms with Crippen molar-refractivity contribution in [2.24, 2.45) is 7.05 Å². The maximum absolute atomic E-state index is 12.3. The van der Waals surface area contributed by atoms with Crippen molar-refractivity contribution in [3.63, 3.8) is 0 Å². The minimum atomic E-state index is -0.300. The number of nitrogens with zero attached hydrogens (tertiary/aromatic N) is 2. The third-order valence-electron chi connectivity index (χ3n) is 4.27. The van der Waals surface area contributed by atoms with Gasteiger partial charge in [0.1, 0.15) is 5.75 Å². The summed E-state index contributed by atoms with van der Waals surface area (Å²) in [4.78, 5) is 23.8. The van der Waals surface area contributed by atoms with E-state index in [0.717, 1.165) is 16.9 Å². The Labute approximate surface area is 163 Å². The Morgan fingerprint density at radius 3 is 2.54 bits per heavy atom. The van der Waals surface area contributed by atoms with E-state index in [1.807, 2.05) is 42.5 Å². The van der Waals surface area contributed by atoms with Crippen molar-refractivity contribution in [1.82, 2.24) is 15.1 Å². The second-order valence-corrected chi connectivity index (χ2v) is 6.20. The zero-order chi connectivity index (χ0) is 19.9. The van der Waals surface area contributed by atoms with Crippen LogP contribution in [0.1, 0.15) is 5.56 Å². The van der Waals surface area contributed by atoms with Crippen LogP contribution < -0.4 is 20.9 Å². The topological polar surface area (TPSA) is 85.3 Å². The number of hydrogen-bond donors (Lipinski definition) is 2. The average molecular weight is 378 g/mol. The summed E-state index contributed by atoms with van der Waals surface area (Å²) in [5, 5.41) is 9.95. The molecule has 0 fully saturated rings. The lowest BCUT2D eigenvalue weighted by molar-refractivity contribution is 0.252. The van der Waals surface area contributed by atoms with Crippen molar-refractivity contribution >= 4 is 11.7 Å². The number of para-hydroxylation sites is 1. The Balaban J connectivity index is 1.62. The summed E-state index contributed by atoms with van der Waals surface area (Å²) in [6.45, 7) is 0.498. The van der Waals surface area contributed by atoms with Gasteiger partial charge in [0.05, 0.1) is 18.5 Å². The van der Waals surface area contributed by atoms with E-state index in [4.69, 9.17) is 4.74 Å². The minimum Gasteiger partial charge on any atom is -0.497 e. The van der Waals surface area contributed by atoms with Crippen LogP contribution in [-0.4, -0.2) is 29.5 Å². The minimum absolute atomic E-state index is 0.189. The highest BCUT2D eigenvalue weighted by Crippen LogP contribution is 2.25. The standard InChI is InChI=1S/C21H22N4O3/c1-25-20(26)12-11-19(24-25)17-5-3-4-6-18(17)23-21(27)22-14-13-15-7-9-16(28-2)10-8-15/h3-12H,13-14H2,1-2H3,(H2,22,23,27). The fourth-order valence-electron chi connectivity index (χ4n) is 2.74. The summed E-state index contributed by atoms with van der Waals surface area (Å²) >= 11 is 0. The highest BCUT2D eigenvalue weighted by atomic mass is 16.5. The summed E-state index contributed by atoms with van der Waals surface area (Å²) in [7, 11) is 3.22. The van der Waals surface area contributed by atoms with Crippen molar-refractivity contribution in [2.75, 3.05) is 19.0 Å². The molecule has 0 bridgehead atoms. The predicted octanol–water partition coefficient (Wildman–Crippen LogP) is 2.82. The highest BCUT2D eigenvalue weighted by molar-refractivity contribution is 5.93. The molecule has 3 rings (SSSR count). The zero-order valence-electron chi connectivity index (χ0n) is 15.8. The number of nitrogens with one attached hydrogen (secondary N) is 2. The van der Waals surface area contributed by atoms with Crippen molar-refractivity contribution in [3.05, 3.63) is 76.6 Å². The first-order chi connectivity index (χ1) is 13.6. The van der Waals surface area contributed by atoms with E-state index in [9.17, 15) is 9.59 Å². The van der Waals surface area contributed by atoms with Gasteiger partial charge in [-0.05, 0) is 36.2 Å². The van der Waals surface area contributed by atoms with Gasteiger partial charge in [0.25, 0.3) is 5.56 Å². The van der Waals surface area contributed by atoms with Crippen LogP contribution in [-0.2, 0) is 13.5 Å². The summed E-state index contributed by atoms with van der Waals surface area (Å²) in [5.41, 5.74) is 2.89. The molecule has 144 valence electrons. The number of carbonyl (C=O) groups excluding carboxylic acids is 1. The van der Waals surface area contributed by atoms with Crippen LogP contribution in [0.15, 0.2) is 65.5 Å². The molecule has 0 aliphatic heterocycles. The number of benzene rings is 2. The fraction of sp³-hybridized carbons (Fsp3) is 0.190. The van der Waals surface area contributed by atoms with Gasteiger partial charge in [-0.2, -0.15) is 5.10 Å². The number of hydrogen-bond acceptors (Lipinski definition) is 4. The summed E-state index contributed by atoms with van der Waals surface area (Å²) < 4.78 is 6.40. The smallest absolute Gasteiger partial charge is 0.319 e. The number of carbonyl (C=O) groups is 1. The lowest BCUT2D eigenvalue weighted by Crippen LogP contribution is -2.30. The SMILES string of the molecule is COc1ccc(CCNC(=O)Nc2ccccc2-c2ccc(=O)n(C)n2)cc1. The first-order valence-electron chi connectivity index (χ1n) is 8.88. The third-order valence-corrected chi connectivity index (χ3v) is 4.27. The molecule has 7 nitrogen and oxygen atoms in total. The average Bonchev–Trinajstić information content (AvgIpc) is 2.71. The number of urea groups is 1. The second kappa shape index (κ2) is 8.85. The van der Waals surface area contributed by atoms with E-state index >= 15 is 0 Å². The first-order valence-corrected chi connectivity index (χ1v) is 8.88. The van der Waals surface area contributed by atoms with Gasteiger partial charge in [0.15, 0.2) is 0 Å². The highest BCUT2D eigenvalue weighted by Gasteiger charge is 2.10. The van der Waals surface area contributed by atoms with Crippen LogP contribution in [0.2, 0.25) is 0 Å². The van der Waals surface area contributed by atoms with Crippen LogP contribution >= 0.6 is 0 Å². The maximum atomic E-state index is 12.3. The van der Waals surface area contributed by atoms with Crippen LogP contribution in [0.4, 0.5) is 10.5 Å². The maximum Gasteiger partial charge on any atom is 0.319 e. The predicted molar refractivity (Wildman–Crippen MR) is 109 cm³/mol. The molecule has 0 saturated carbocycles. The second-order valence-electron chi connectivity index (χ2n) is 6.20. The molecule has 2 amide bonds. The molecule has 0 radical (unpaired) electrons. The van der Waals surface area contributed by atoms with Gasteiger partial charge in [-0.3, -0.25) is 4.79 Å². The fourth-order valence-corrected chi connectivity index (χ4v) is 2.74. The molecule has 7 heteroatoms. The normalized spacial score (nSPS) is 10.4. The molecule has 1 heterocycles. The van der Waals surface area contributed by atoms with Gasteiger partial charge >= 0.3 is 6.03 Å². The summed E-state index contributed by atoms with van der Waals surface area (Å²) in [6.07, 6.45) is 0.710.